The van der Waals surface area contributed by atoms with Crippen molar-refractivity contribution in [2.24, 2.45) is 11.8 Å². The maximum absolute atomic E-state index is 12.7. The van der Waals surface area contributed by atoms with Gasteiger partial charge >= 0.3 is 5.63 Å². The normalized spacial score (nSPS) is 28.4. The minimum absolute atomic E-state index is 0.209. The van der Waals surface area contributed by atoms with E-state index in [0.717, 1.165) is 41.1 Å². The fourth-order valence-corrected chi connectivity index (χ4v) is 7.75. The van der Waals surface area contributed by atoms with E-state index in [4.69, 9.17) is 4.42 Å². The van der Waals surface area contributed by atoms with E-state index in [2.05, 4.69) is 15.9 Å². The fraction of sp³-hybridized carbons (Fsp3) is 0.452. The van der Waals surface area contributed by atoms with Crippen molar-refractivity contribution in [3.63, 3.8) is 0 Å². The lowest BCUT2D eigenvalue weighted by atomic mass is 9.68. The Balaban J connectivity index is 1.28. The number of phenolic OH excluding ortho intramolecular Hbond substituents is 1. The molecule has 3 fully saturated rings. The Morgan fingerprint density at radius 1 is 1.03 bits per heavy atom. The molecule has 2 bridgehead atoms. The highest BCUT2D eigenvalue weighted by atomic mass is 16.4. The number of phenols is 1. The van der Waals surface area contributed by atoms with Crippen molar-refractivity contribution >= 4 is 11.0 Å². The van der Waals surface area contributed by atoms with E-state index < -0.39 is 0 Å². The van der Waals surface area contributed by atoms with E-state index in [0.29, 0.717) is 30.0 Å². The zero-order valence-corrected chi connectivity index (χ0v) is 20.7. The first kappa shape index (κ1) is 22.3. The molecule has 2 aromatic carbocycles. The van der Waals surface area contributed by atoms with Gasteiger partial charge in [0.25, 0.3) is 0 Å². The van der Waals surface area contributed by atoms with Gasteiger partial charge in [-0.15, -0.1) is 0 Å². The van der Waals surface area contributed by atoms with Crippen LogP contribution in [0.4, 0.5) is 0 Å². The van der Waals surface area contributed by atoms with Crippen molar-refractivity contribution in [3.05, 3.63) is 76.2 Å². The van der Waals surface area contributed by atoms with Crippen LogP contribution in [0.2, 0.25) is 0 Å². The summed E-state index contributed by atoms with van der Waals surface area (Å²) in [6.07, 6.45) is 10.3. The Kier molecular flexibility index (Phi) is 5.51. The molecule has 1 aliphatic carbocycles. The first-order valence-corrected chi connectivity index (χ1v) is 13.7. The molecule has 3 aromatic rings. The third-order valence-corrected chi connectivity index (χ3v) is 9.20. The molecule has 3 aliphatic heterocycles. The smallest absolute Gasteiger partial charge is 0.336 e. The predicted molar refractivity (Wildman–Crippen MR) is 142 cm³/mol. The summed E-state index contributed by atoms with van der Waals surface area (Å²) in [6, 6.07) is 16.3. The molecule has 0 amide bonds. The molecule has 186 valence electrons. The highest BCUT2D eigenvalue weighted by molar-refractivity contribution is 5.95. The largest absolute Gasteiger partial charge is 0.507 e. The van der Waals surface area contributed by atoms with E-state index in [1.165, 1.54) is 45.2 Å². The van der Waals surface area contributed by atoms with Crippen molar-refractivity contribution in [2.75, 3.05) is 19.6 Å². The second-order valence-corrected chi connectivity index (χ2v) is 11.3. The van der Waals surface area contributed by atoms with Crippen LogP contribution in [0, 0.1) is 11.8 Å². The van der Waals surface area contributed by atoms with Gasteiger partial charge in [-0.1, -0.05) is 48.4 Å². The van der Waals surface area contributed by atoms with Gasteiger partial charge in [-0.3, -0.25) is 9.80 Å². The van der Waals surface area contributed by atoms with Gasteiger partial charge in [-0.05, 0) is 80.3 Å². The number of piperidine rings is 3. The van der Waals surface area contributed by atoms with Crippen molar-refractivity contribution in [3.8, 4) is 16.9 Å². The van der Waals surface area contributed by atoms with Gasteiger partial charge in [0.05, 0.1) is 5.56 Å². The molecular formula is C31H34N2O3. The van der Waals surface area contributed by atoms with Crippen LogP contribution in [-0.4, -0.2) is 46.6 Å². The van der Waals surface area contributed by atoms with E-state index in [-0.39, 0.29) is 11.4 Å². The van der Waals surface area contributed by atoms with E-state index in [1.807, 2.05) is 36.4 Å². The molecule has 1 aromatic heterocycles. The number of fused-ring (bicyclic) bond motifs is 7. The number of aromatic hydroxyl groups is 1. The Hall–Kier alpha value is -2.89. The van der Waals surface area contributed by atoms with E-state index in [1.54, 1.807) is 17.7 Å². The lowest BCUT2D eigenvalue weighted by Gasteiger charge is -2.54. The second-order valence-electron chi connectivity index (χ2n) is 11.3. The summed E-state index contributed by atoms with van der Waals surface area (Å²) in [4.78, 5) is 18.0. The molecule has 1 N–H and O–H groups in total. The average Bonchev–Trinajstić information content (AvgIpc) is 2.90. The molecule has 0 spiro atoms. The van der Waals surface area contributed by atoms with E-state index >= 15 is 0 Å². The van der Waals surface area contributed by atoms with Crippen LogP contribution in [-0.2, 0) is 6.54 Å². The summed E-state index contributed by atoms with van der Waals surface area (Å²) in [5, 5.41) is 11.9. The number of nitrogens with zero attached hydrogens (tertiary/aromatic N) is 2. The minimum atomic E-state index is -0.378. The quantitative estimate of drug-likeness (QED) is 0.391. The van der Waals surface area contributed by atoms with Gasteiger partial charge in [-0.25, -0.2) is 4.79 Å². The fourth-order valence-electron chi connectivity index (χ4n) is 7.75. The highest BCUT2D eigenvalue weighted by Crippen LogP contribution is 2.46. The lowest BCUT2D eigenvalue weighted by Crippen LogP contribution is -2.59. The molecule has 7 rings (SSSR count). The molecule has 5 nitrogen and oxygen atoms in total. The Morgan fingerprint density at radius 2 is 1.92 bits per heavy atom. The molecule has 0 radical (unpaired) electrons. The second kappa shape index (κ2) is 8.89. The third-order valence-electron chi connectivity index (χ3n) is 9.20. The maximum atomic E-state index is 12.7. The Labute approximate surface area is 212 Å². The molecule has 5 heteroatoms. The van der Waals surface area contributed by atoms with Crippen molar-refractivity contribution in [2.45, 2.75) is 57.2 Å². The standard InChI is InChI=1S/C31H34N2O3/c34-28-12-11-24-25(20-7-2-1-3-8-20)17-29(35)36-31(24)26(28)19-33-14-6-9-21-15-22-16-23(30(21)33)18-32-13-5-4-10-27(22)32/h1-3,7-8,11-12,15,17,22-23,27,30,34H,4-6,9-10,13-14,16,18-19H2. The maximum Gasteiger partial charge on any atom is 0.336 e. The number of hydrogen-bond donors (Lipinski definition) is 1. The SMILES string of the molecule is O=c1cc(-c2ccccc2)c2ccc(O)c(CN3CCCC4=CC5CC(CN6CCCCC56)C43)c2o1. The zero-order chi connectivity index (χ0) is 24.2. The van der Waals surface area contributed by atoms with Crippen LogP contribution in [0.15, 0.2) is 69.4 Å². The topological polar surface area (TPSA) is 56.9 Å². The van der Waals surface area contributed by atoms with Gasteiger partial charge < -0.3 is 9.52 Å². The molecule has 4 aliphatic rings. The van der Waals surface area contributed by atoms with Crippen LogP contribution in [0.3, 0.4) is 0 Å². The monoisotopic (exact) mass is 482 g/mol. The van der Waals surface area contributed by atoms with Crippen LogP contribution in [0.1, 0.15) is 44.1 Å². The minimum Gasteiger partial charge on any atom is -0.507 e. The van der Waals surface area contributed by atoms with E-state index in [9.17, 15) is 9.90 Å². The number of likely N-dealkylation sites (tertiary alicyclic amines) is 1. The summed E-state index contributed by atoms with van der Waals surface area (Å²) in [5.74, 6) is 1.54. The molecule has 4 heterocycles. The van der Waals surface area contributed by atoms with Crippen LogP contribution < -0.4 is 5.63 Å². The molecule has 0 saturated carbocycles. The Bertz CT molecular complexity index is 1380. The summed E-state index contributed by atoms with van der Waals surface area (Å²) in [7, 11) is 0. The summed E-state index contributed by atoms with van der Waals surface area (Å²) in [5.41, 5.74) is 4.32. The molecule has 4 unspecified atom stereocenters. The van der Waals surface area contributed by atoms with Crippen molar-refractivity contribution < 1.29 is 9.52 Å². The number of rotatable bonds is 3. The van der Waals surface area contributed by atoms with Gasteiger partial charge in [0.1, 0.15) is 11.3 Å². The Morgan fingerprint density at radius 3 is 2.81 bits per heavy atom. The molecule has 4 atom stereocenters. The van der Waals surface area contributed by atoms with Crippen LogP contribution >= 0.6 is 0 Å². The highest BCUT2D eigenvalue weighted by Gasteiger charge is 2.46. The first-order valence-electron chi connectivity index (χ1n) is 13.7. The summed E-state index contributed by atoms with van der Waals surface area (Å²) in [6.45, 7) is 4.03. The van der Waals surface area contributed by atoms with Crippen molar-refractivity contribution in [1.82, 2.24) is 9.80 Å². The van der Waals surface area contributed by atoms with Gasteiger partial charge in [0.15, 0.2) is 0 Å². The first-order chi connectivity index (χ1) is 17.7. The van der Waals surface area contributed by atoms with Gasteiger partial charge in [0, 0.05) is 36.6 Å². The van der Waals surface area contributed by atoms with Crippen LogP contribution in [0.25, 0.3) is 22.1 Å². The molecule has 3 saturated heterocycles. The predicted octanol–water partition coefficient (Wildman–Crippen LogP) is 5.56. The van der Waals surface area contributed by atoms with Crippen molar-refractivity contribution in [1.29, 1.82) is 0 Å². The number of benzene rings is 2. The zero-order valence-electron chi connectivity index (χ0n) is 20.7. The van der Waals surface area contributed by atoms with Crippen LogP contribution in [0.5, 0.6) is 5.75 Å². The van der Waals surface area contributed by atoms with Gasteiger partial charge in [-0.2, -0.15) is 0 Å². The molecular weight excluding hydrogens is 448 g/mol. The summed E-state index contributed by atoms with van der Waals surface area (Å²) < 4.78 is 5.80. The third kappa shape index (κ3) is 3.72. The number of hydrogen-bond acceptors (Lipinski definition) is 5. The molecule has 36 heavy (non-hydrogen) atoms. The summed E-state index contributed by atoms with van der Waals surface area (Å²) >= 11 is 0. The van der Waals surface area contributed by atoms with Gasteiger partial charge in [0.2, 0.25) is 0 Å². The lowest BCUT2D eigenvalue weighted by molar-refractivity contribution is -0.00274. The average molecular weight is 483 g/mol.